The summed E-state index contributed by atoms with van der Waals surface area (Å²) >= 11 is 0. The molecule has 2 aliphatic rings. The maximum atomic E-state index is 3.71. The zero-order chi connectivity index (χ0) is 13.8. The van der Waals surface area contributed by atoms with E-state index in [1.165, 1.54) is 69.7 Å². The average Bonchev–Trinajstić information content (AvgIpc) is 2.92. The number of anilines is 2. The minimum absolute atomic E-state index is 0.637. The molecular weight excluding hydrogens is 246 g/mol. The molecule has 3 nitrogen and oxygen atoms in total. The van der Waals surface area contributed by atoms with Crippen molar-refractivity contribution in [1.82, 2.24) is 4.90 Å². The second kappa shape index (κ2) is 6.49. The molecule has 0 radical (unpaired) electrons. The van der Waals surface area contributed by atoms with E-state index in [-0.39, 0.29) is 0 Å². The molecule has 1 unspecified atom stereocenters. The van der Waals surface area contributed by atoms with Crippen molar-refractivity contribution in [3.8, 4) is 0 Å². The summed E-state index contributed by atoms with van der Waals surface area (Å²) in [4.78, 5) is 4.93. The lowest BCUT2D eigenvalue weighted by Gasteiger charge is -2.20. The van der Waals surface area contributed by atoms with Crippen LogP contribution in [0.25, 0.3) is 0 Å². The van der Waals surface area contributed by atoms with Crippen LogP contribution in [0.3, 0.4) is 0 Å². The average molecular weight is 273 g/mol. The normalized spacial score (nSPS) is 24.6. The molecule has 20 heavy (non-hydrogen) atoms. The lowest BCUT2D eigenvalue weighted by molar-refractivity contribution is 0.348. The maximum Gasteiger partial charge on any atom is 0.0367 e. The topological polar surface area (TPSA) is 18.5 Å². The Morgan fingerprint density at radius 3 is 2.40 bits per heavy atom. The van der Waals surface area contributed by atoms with Crippen LogP contribution in [0.1, 0.15) is 32.1 Å². The predicted octanol–water partition coefficient (Wildman–Crippen LogP) is 3.18. The van der Waals surface area contributed by atoms with Gasteiger partial charge in [0.05, 0.1) is 0 Å². The van der Waals surface area contributed by atoms with E-state index in [0.29, 0.717) is 6.04 Å². The van der Waals surface area contributed by atoms with Crippen LogP contribution in [0.5, 0.6) is 0 Å². The molecule has 3 rings (SSSR count). The summed E-state index contributed by atoms with van der Waals surface area (Å²) in [6, 6.07) is 9.69. The molecule has 1 N–H and O–H groups in total. The van der Waals surface area contributed by atoms with E-state index in [9.17, 15) is 0 Å². The number of benzene rings is 1. The van der Waals surface area contributed by atoms with E-state index in [4.69, 9.17) is 0 Å². The number of hydrogen-bond donors (Lipinski definition) is 1. The van der Waals surface area contributed by atoms with Crippen molar-refractivity contribution >= 4 is 11.4 Å². The van der Waals surface area contributed by atoms with Crippen LogP contribution in [0.2, 0.25) is 0 Å². The molecule has 0 amide bonds. The van der Waals surface area contributed by atoms with Gasteiger partial charge in [-0.2, -0.15) is 0 Å². The third-order valence-corrected chi connectivity index (χ3v) is 4.66. The van der Waals surface area contributed by atoms with Gasteiger partial charge in [-0.1, -0.05) is 0 Å². The molecule has 0 spiro atoms. The Labute approximate surface area is 123 Å². The van der Waals surface area contributed by atoms with Gasteiger partial charge in [0.15, 0.2) is 0 Å². The van der Waals surface area contributed by atoms with Gasteiger partial charge in [0.25, 0.3) is 0 Å². The molecule has 1 aromatic carbocycles. The van der Waals surface area contributed by atoms with Crippen LogP contribution in [0.4, 0.5) is 11.4 Å². The van der Waals surface area contributed by atoms with Crippen LogP contribution >= 0.6 is 0 Å². The largest absolute Gasteiger partial charge is 0.382 e. The molecule has 0 aliphatic carbocycles. The summed E-state index contributed by atoms with van der Waals surface area (Å²) in [7, 11) is 2.23. The molecule has 1 aromatic rings. The van der Waals surface area contributed by atoms with Crippen molar-refractivity contribution in [3.63, 3.8) is 0 Å². The Bertz CT molecular complexity index is 409. The molecule has 3 heteroatoms. The fourth-order valence-corrected chi connectivity index (χ4v) is 3.36. The van der Waals surface area contributed by atoms with Crippen molar-refractivity contribution in [1.29, 1.82) is 0 Å². The Hall–Kier alpha value is -1.22. The van der Waals surface area contributed by atoms with Crippen molar-refractivity contribution in [2.75, 3.05) is 43.4 Å². The number of nitrogens with one attached hydrogen (secondary N) is 1. The van der Waals surface area contributed by atoms with Gasteiger partial charge in [-0.25, -0.2) is 0 Å². The zero-order valence-electron chi connectivity index (χ0n) is 12.6. The first-order chi connectivity index (χ1) is 9.81. The quantitative estimate of drug-likeness (QED) is 0.912. The Kier molecular flexibility index (Phi) is 4.46. The highest BCUT2D eigenvalue weighted by molar-refractivity contribution is 5.55. The fraction of sp³-hybridized carbons (Fsp3) is 0.647. The molecule has 1 atom stereocenters. The standard InChI is InChI=1S/C17H27N3/c1-19-11-4-5-15(10-14-19)18-16-6-8-17(9-7-16)20-12-2-3-13-20/h6-9,15,18H,2-5,10-14H2,1H3. The summed E-state index contributed by atoms with van der Waals surface area (Å²) in [5.74, 6) is 0. The minimum atomic E-state index is 0.637. The van der Waals surface area contributed by atoms with Gasteiger partial charge in [0.1, 0.15) is 0 Å². The van der Waals surface area contributed by atoms with Gasteiger partial charge in [-0.3, -0.25) is 0 Å². The highest BCUT2D eigenvalue weighted by atomic mass is 15.1. The van der Waals surface area contributed by atoms with Gasteiger partial charge in [0.2, 0.25) is 0 Å². The zero-order valence-corrected chi connectivity index (χ0v) is 12.6. The predicted molar refractivity (Wildman–Crippen MR) is 86.6 cm³/mol. The highest BCUT2D eigenvalue weighted by Gasteiger charge is 2.15. The fourth-order valence-electron chi connectivity index (χ4n) is 3.36. The Balaban J connectivity index is 1.57. The first-order valence-electron chi connectivity index (χ1n) is 8.11. The van der Waals surface area contributed by atoms with Crippen molar-refractivity contribution in [2.45, 2.75) is 38.1 Å². The number of rotatable bonds is 3. The van der Waals surface area contributed by atoms with Gasteiger partial charge in [-0.15, -0.1) is 0 Å². The van der Waals surface area contributed by atoms with E-state index in [1.54, 1.807) is 0 Å². The smallest absolute Gasteiger partial charge is 0.0367 e. The number of hydrogen-bond acceptors (Lipinski definition) is 3. The SMILES string of the molecule is CN1CCCC(Nc2ccc(N3CCCC3)cc2)CC1. The monoisotopic (exact) mass is 273 g/mol. The summed E-state index contributed by atoms with van der Waals surface area (Å²) in [5.41, 5.74) is 2.66. The molecule has 2 aliphatic heterocycles. The summed E-state index contributed by atoms with van der Waals surface area (Å²) in [6.07, 6.45) is 6.54. The van der Waals surface area contributed by atoms with E-state index in [0.717, 1.165) is 0 Å². The van der Waals surface area contributed by atoms with Gasteiger partial charge < -0.3 is 15.1 Å². The van der Waals surface area contributed by atoms with Crippen molar-refractivity contribution in [2.24, 2.45) is 0 Å². The third kappa shape index (κ3) is 3.45. The molecule has 2 saturated heterocycles. The molecule has 0 saturated carbocycles. The van der Waals surface area contributed by atoms with Crippen LogP contribution in [-0.4, -0.2) is 44.2 Å². The van der Waals surface area contributed by atoms with Gasteiger partial charge >= 0.3 is 0 Å². The lowest BCUT2D eigenvalue weighted by Crippen LogP contribution is -2.23. The van der Waals surface area contributed by atoms with E-state index in [1.807, 2.05) is 0 Å². The second-order valence-corrected chi connectivity index (χ2v) is 6.32. The van der Waals surface area contributed by atoms with Crippen LogP contribution in [0.15, 0.2) is 24.3 Å². The maximum absolute atomic E-state index is 3.71. The third-order valence-electron chi connectivity index (χ3n) is 4.66. The first-order valence-corrected chi connectivity index (χ1v) is 8.11. The summed E-state index contributed by atoms with van der Waals surface area (Å²) in [5, 5.41) is 3.71. The molecule has 110 valence electrons. The Morgan fingerprint density at radius 2 is 1.65 bits per heavy atom. The van der Waals surface area contributed by atoms with Crippen LogP contribution < -0.4 is 10.2 Å². The highest BCUT2D eigenvalue weighted by Crippen LogP contribution is 2.23. The van der Waals surface area contributed by atoms with Gasteiger partial charge in [0, 0.05) is 30.5 Å². The molecular formula is C17H27N3. The molecule has 2 heterocycles. The van der Waals surface area contributed by atoms with E-state index >= 15 is 0 Å². The van der Waals surface area contributed by atoms with Crippen molar-refractivity contribution < 1.29 is 0 Å². The molecule has 0 aromatic heterocycles. The molecule has 2 fully saturated rings. The van der Waals surface area contributed by atoms with Gasteiger partial charge in [-0.05, 0) is 76.5 Å². The summed E-state index contributed by atoms with van der Waals surface area (Å²) in [6.45, 7) is 4.90. The number of likely N-dealkylation sites (tertiary alicyclic amines) is 1. The van der Waals surface area contributed by atoms with Crippen LogP contribution in [0, 0.1) is 0 Å². The second-order valence-electron chi connectivity index (χ2n) is 6.32. The number of nitrogens with zero attached hydrogens (tertiary/aromatic N) is 2. The van der Waals surface area contributed by atoms with Crippen molar-refractivity contribution in [3.05, 3.63) is 24.3 Å². The van der Waals surface area contributed by atoms with Crippen LogP contribution in [-0.2, 0) is 0 Å². The lowest BCUT2D eigenvalue weighted by atomic mass is 10.1. The summed E-state index contributed by atoms with van der Waals surface area (Å²) < 4.78 is 0. The van der Waals surface area contributed by atoms with E-state index in [2.05, 4.69) is 46.4 Å². The minimum Gasteiger partial charge on any atom is -0.382 e. The Morgan fingerprint density at radius 1 is 0.900 bits per heavy atom. The van der Waals surface area contributed by atoms with E-state index < -0.39 is 0 Å². The molecule has 0 bridgehead atoms. The first kappa shape index (κ1) is 13.7.